The molecule has 1 N–H and O–H groups in total. The third-order valence-electron chi connectivity index (χ3n) is 5.47. The number of rotatable bonds is 13. The Morgan fingerprint density at radius 3 is 2.20 bits per heavy atom. The zero-order valence-corrected chi connectivity index (χ0v) is 21.8. The molecule has 0 radical (unpaired) electrons. The van der Waals surface area contributed by atoms with Crippen molar-refractivity contribution < 1.29 is 27.5 Å². The van der Waals surface area contributed by atoms with E-state index >= 15 is 0 Å². The summed E-state index contributed by atoms with van der Waals surface area (Å²) < 4.78 is 37.0. The lowest BCUT2D eigenvalue weighted by Crippen LogP contribution is -2.52. The van der Waals surface area contributed by atoms with Crippen molar-refractivity contribution in [3.63, 3.8) is 0 Å². The first-order valence-corrected chi connectivity index (χ1v) is 13.3. The van der Waals surface area contributed by atoms with Gasteiger partial charge < -0.3 is 19.7 Å². The van der Waals surface area contributed by atoms with Crippen LogP contribution in [0.4, 0.5) is 5.69 Å². The largest absolute Gasteiger partial charge is 0.493 e. The second kappa shape index (κ2) is 13.0. The number of nitrogens with one attached hydrogen (secondary N) is 1. The Labute approximate surface area is 208 Å². The van der Waals surface area contributed by atoms with Crippen molar-refractivity contribution in [3.05, 3.63) is 54.1 Å². The summed E-state index contributed by atoms with van der Waals surface area (Å²) in [7, 11) is -0.920. The van der Waals surface area contributed by atoms with Gasteiger partial charge in [0.15, 0.2) is 11.5 Å². The number of carbonyl (C=O) groups is 2. The average molecular weight is 506 g/mol. The van der Waals surface area contributed by atoms with Gasteiger partial charge in [-0.15, -0.1) is 0 Å². The van der Waals surface area contributed by atoms with E-state index in [4.69, 9.17) is 9.47 Å². The molecule has 2 aromatic carbocycles. The molecule has 0 aromatic heterocycles. The first-order chi connectivity index (χ1) is 16.7. The highest BCUT2D eigenvalue weighted by molar-refractivity contribution is 7.92. The van der Waals surface area contributed by atoms with Gasteiger partial charge in [0.1, 0.15) is 12.6 Å². The van der Waals surface area contributed by atoms with E-state index in [0.29, 0.717) is 24.5 Å². The fourth-order valence-electron chi connectivity index (χ4n) is 3.66. The zero-order valence-electron chi connectivity index (χ0n) is 21.0. The molecule has 1 unspecified atom stereocenters. The van der Waals surface area contributed by atoms with Crippen LogP contribution in [0.2, 0.25) is 0 Å². The maximum atomic E-state index is 13.6. The van der Waals surface area contributed by atoms with Crippen LogP contribution in [0.5, 0.6) is 11.5 Å². The monoisotopic (exact) mass is 505 g/mol. The van der Waals surface area contributed by atoms with Crippen LogP contribution in [-0.2, 0) is 26.2 Å². The molecule has 0 saturated carbocycles. The summed E-state index contributed by atoms with van der Waals surface area (Å²) in [6, 6.07) is 13.2. The standard InChI is InChI=1S/C25H35N3O6S/c1-6-15-26-25(30)21(7-2)27(17-19-11-9-8-10-12-19)24(29)18-28(35(5,31)32)20-13-14-22(33-3)23(16-20)34-4/h8-14,16,21H,6-7,15,17-18H2,1-5H3,(H,26,30). The molecule has 0 fully saturated rings. The van der Waals surface area contributed by atoms with Crippen LogP contribution in [0.15, 0.2) is 48.5 Å². The Morgan fingerprint density at radius 2 is 1.66 bits per heavy atom. The van der Waals surface area contributed by atoms with Crippen LogP contribution in [0.1, 0.15) is 32.3 Å². The summed E-state index contributed by atoms with van der Waals surface area (Å²) in [5, 5.41) is 2.85. The second-order valence-corrected chi connectivity index (χ2v) is 9.94. The van der Waals surface area contributed by atoms with Crippen molar-refractivity contribution in [3.8, 4) is 11.5 Å². The average Bonchev–Trinajstić information content (AvgIpc) is 2.85. The molecular weight excluding hydrogens is 470 g/mol. The molecule has 2 rings (SSSR count). The molecule has 0 aliphatic rings. The van der Waals surface area contributed by atoms with E-state index in [-0.39, 0.29) is 18.1 Å². The number of carbonyl (C=O) groups excluding carboxylic acids is 2. The van der Waals surface area contributed by atoms with E-state index < -0.39 is 28.5 Å². The molecule has 2 aromatic rings. The number of methoxy groups -OCH3 is 2. The Bertz CT molecular complexity index is 1090. The van der Waals surface area contributed by atoms with Crippen LogP contribution in [0.3, 0.4) is 0 Å². The molecule has 0 spiro atoms. The smallest absolute Gasteiger partial charge is 0.244 e. The number of sulfonamides is 1. The van der Waals surface area contributed by atoms with Gasteiger partial charge in [-0.25, -0.2) is 8.42 Å². The van der Waals surface area contributed by atoms with Crippen molar-refractivity contribution in [2.24, 2.45) is 0 Å². The van der Waals surface area contributed by atoms with Gasteiger partial charge in [-0.05, 0) is 30.5 Å². The second-order valence-electron chi connectivity index (χ2n) is 8.03. The van der Waals surface area contributed by atoms with E-state index in [1.54, 1.807) is 12.1 Å². The van der Waals surface area contributed by atoms with Crippen molar-refractivity contribution in [1.29, 1.82) is 0 Å². The molecule has 9 nitrogen and oxygen atoms in total. The lowest BCUT2D eigenvalue weighted by atomic mass is 10.1. The number of nitrogens with zero attached hydrogens (tertiary/aromatic N) is 2. The summed E-state index contributed by atoms with van der Waals surface area (Å²) in [5.74, 6) is 0.00112. The van der Waals surface area contributed by atoms with Gasteiger partial charge in [-0.3, -0.25) is 13.9 Å². The molecule has 1 atom stereocenters. The topological polar surface area (TPSA) is 105 Å². The molecule has 0 bridgehead atoms. The van der Waals surface area contributed by atoms with Crippen molar-refractivity contribution in [2.75, 3.05) is 37.9 Å². The fraction of sp³-hybridized carbons (Fsp3) is 0.440. The Hall–Kier alpha value is -3.27. The highest BCUT2D eigenvalue weighted by atomic mass is 32.2. The van der Waals surface area contributed by atoms with Gasteiger partial charge in [-0.1, -0.05) is 44.2 Å². The van der Waals surface area contributed by atoms with Gasteiger partial charge in [0.05, 0.1) is 26.2 Å². The molecule has 10 heteroatoms. The Kier molecular flexibility index (Phi) is 10.4. The van der Waals surface area contributed by atoms with Gasteiger partial charge in [0.25, 0.3) is 0 Å². The summed E-state index contributed by atoms with van der Waals surface area (Å²) in [6.45, 7) is 3.95. The molecule has 2 amide bonds. The quantitative estimate of drug-likeness (QED) is 0.449. The van der Waals surface area contributed by atoms with Gasteiger partial charge in [0.2, 0.25) is 21.8 Å². The minimum absolute atomic E-state index is 0.168. The van der Waals surface area contributed by atoms with Crippen molar-refractivity contribution in [1.82, 2.24) is 10.2 Å². The van der Waals surface area contributed by atoms with E-state index in [1.165, 1.54) is 25.2 Å². The summed E-state index contributed by atoms with van der Waals surface area (Å²) in [6.07, 6.45) is 2.17. The molecule has 0 aliphatic carbocycles. The number of anilines is 1. The third kappa shape index (κ3) is 7.61. The van der Waals surface area contributed by atoms with Crippen LogP contribution < -0.4 is 19.1 Å². The normalized spacial score (nSPS) is 11.9. The minimum Gasteiger partial charge on any atom is -0.493 e. The lowest BCUT2D eigenvalue weighted by molar-refractivity contribution is -0.140. The number of benzene rings is 2. The number of ether oxygens (including phenoxy) is 2. The predicted octanol–water partition coefficient (Wildman–Crippen LogP) is 2.80. The molecule has 35 heavy (non-hydrogen) atoms. The number of hydrogen-bond donors (Lipinski definition) is 1. The fourth-order valence-corrected chi connectivity index (χ4v) is 4.50. The van der Waals surface area contributed by atoms with Crippen LogP contribution in [0.25, 0.3) is 0 Å². The maximum Gasteiger partial charge on any atom is 0.244 e. The SMILES string of the molecule is CCCNC(=O)C(CC)N(Cc1ccccc1)C(=O)CN(c1ccc(OC)c(OC)c1)S(C)(=O)=O. The van der Waals surface area contributed by atoms with E-state index in [2.05, 4.69) is 5.32 Å². The van der Waals surface area contributed by atoms with Crippen LogP contribution in [0, 0.1) is 0 Å². The molecule has 0 aliphatic heterocycles. The Balaban J connectivity index is 2.44. The highest BCUT2D eigenvalue weighted by Gasteiger charge is 2.31. The molecule has 0 saturated heterocycles. The van der Waals surface area contributed by atoms with Crippen LogP contribution in [-0.4, -0.2) is 64.7 Å². The molecule has 0 heterocycles. The van der Waals surface area contributed by atoms with Crippen molar-refractivity contribution in [2.45, 2.75) is 39.3 Å². The molecular formula is C25H35N3O6S. The van der Waals surface area contributed by atoms with E-state index in [0.717, 1.165) is 22.5 Å². The highest BCUT2D eigenvalue weighted by Crippen LogP contribution is 2.32. The minimum atomic E-state index is -3.84. The third-order valence-corrected chi connectivity index (χ3v) is 6.61. The first kappa shape index (κ1) is 28.0. The van der Waals surface area contributed by atoms with Gasteiger partial charge >= 0.3 is 0 Å². The first-order valence-electron chi connectivity index (χ1n) is 11.5. The van der Waals surface area contributed by atoms with E-state index in [1.807, 2.05) is 44.2 Å². The predicted molar refractivity (Wildman–Crippen MR) is 136 cm³/mol. The van der Waals surface area contributed by atoms with Gasteiger partial charge in [0, 0.05) is 19.2 Å². The summed E-state index contributed by atoms with van der Waals surface area (Å²) >= 11 is 0. The van der Waals surface area contributed by atoms with Crippen molar-refractivity contribution >= 4 is 27.5 Å². The zero-order chi connectivity index (χ0) is 26.0. The summed E-state index contributed by atoms with van der Waals surface area (Å²) in [5.41, 5.74) is 1.08. The Morgan fingerprint density at radius 1 is 1.00 bits per heavy atom. The summed E-state index contributed by atoms with van der Waals surface area (Å²) in [4.78, 5) is 28.0. The molecule has 192 valence electrons. The number of hydrogen-bond acceptors (Lipinski definition) is 6. The van der Waals surface area contributed by atoms with Gasteiger partial charge in [-0.2, -0.15) is 0 Å². The van der Waals surface area contributed by atoms with Crippen LogP contribution >= 0.6 is 0 Å². The number of amides is 2. The maximum absolute atomic E-state index is 13.6. The lowest BCUT2D eigenvalue weighted by Gasteiger charge is -2.33. The van der Waals surface area contributed by atoms with E-state index in [9.17, 15) is 18.0 Å².